The lowest BCUT2D eigenvalue weighted by Crippen LogP contribution is -2.51. The summed E-state index contributed by atoms with van der Waals surface area (Å²) in [6.07, 6.45) is -1.27. The fourth-order valence-electron chi connectivity index (χ4n) is 3.31. The average molecular weight is 519 g/mol. The highest BCUT2D eigenvalue weighted by Crippen LogP contribution is 2.05. The highest BCUT2D eigenvalue weighted by molar-refractivity contribution is 5.86. The van der Waals surface area contributed by atoms with Crippen molar-refractivity contribution in [3.63, 3.8) is 0 Å². The van der Waals surface area contributed by atoms with Gasteiger partial charge in [0.1, 0.15) is 25.8 Å². The molecule has 0 aliphatic heterocycles. The van der Waals surface area contributed by atoms with Crippen LogP contribution in [0.3, 0.4) is 0 Å². The van der Waals surface area contributed by atoms with Gasteiger partial charge in [-0.1, -0.05) is 91.0 Å². The number of carbonyl (C=O) groups is 4. The molecule has 1 atom stereocenters. The predicted octanol–water partition coefficient (Wildman–Crippen LogP) is 2.64. The van der Waals surface area contributed by atoms with Crippen molar-refractivity contribution >= 4 is 24.0 Å². The maximum absolute atomic E-state index is 12.8. The van der Waals surface area contributed by atoms with Gasteiger partial charge in [0.2, 0.25) is 11.8 Å². The van der Waals surface area contributed by atoms with E-state index < -0.39 is 30.0 Å². The van der Waals surface area contributed by atoms with E-state index in [2.05, 4.69) is 21.3 Å². The van der Waals surface area contributed by atoms with Crippen LogP contribution in [-0.4, -0.2) is 43.3 Å². The minimum absolute atomic E-state index is 0.0587. The highest BCUT2D eigenvalue weighted by Gasteiger charge is 2.22. The number of hydrogen-bond acceptors (Lipinski definition) is 6. The minimum atomic E-state index is -0.941. The number of benzene rings is 3. The molecule has 4 N–H and O–H groups in total. The van der Waals surface area contributed by atoms with Crippen LogP contribution < -0.4 is 21.3 Å². The molecule has 1 unspecified atom stereocenters. The fraction of sp³-hybridized carbons (Fsp3) is 0.214. The number of rotatable bonds is 12. The summed E-state index contributed by atoms with van der Waals surface area (Å²) < 4.78 is 10.3. The molecular weight excluding hydrogens is 488 g/mol. The van der Waals surface area contributed by atoms with Gasteiger partial charge in [-0.2, -0.15) is 0 Å². The number of ether oxygens (including phenoxy) is 2. The van der Waals surface area contributed by atoms with E-state index in [0.29, 0.717) is 0 Å². The molecular formula is C28H30N4O6. The van der Waals surface area contributed by atoms with Crippen molar-refractivity contribution in [3.05, 3.63) is 108 Å². The smallest absolute Gasteiger partial charge is 0.408 e. The first kappa shape index (κ1) is 27.7. The molecule has 0 aliphatic rings. The standard InChI is InChI=1S/C28H30N4O6/c33-25(17-29-27(35)37-18-22-12-6-2-7-13-22)30-20-31-26(34)24(16-21-10-4-1-5-11-21)32-28(36)38-19-23-14-8-3-9-15-23/h1-15,24H,16-20H2,(H,29,35)(H,30,33)(H,31,34)(H,32,36). The molecule has 10 heteroatoms. The molecule has 4 amide bonds. The van der Waals surface area contributed by atoms with Crippen LogP contribution in [0.15, 0.2) is 91.0 Å². The first-order valence-corrected chi connectivity index (χ1v) is 12.0. The van der Waals surface area contributed by atoms with Gasteiger partial charge >= 0.3 is 12.2 Å². The second-order valence-electron chi connectivity index (χ2n) is 8.18. The Labute approximate surface area is 220 Å². The zero-order valence-electron chi connectivity index (χ0n) is 20.7. The second kappa shape index (κ2) is 15.3. The normalized spacial score (nSPS) is 10.9. The lowest BCUT2D eigenvalue weighted by molar-refractivity contribution is -0.124. The average Bonchev–Trinajstić information content (AvgIpc) is 2.95. The summed E-state index contributed by atoms with van der Waals surface area (Å²) in [4.78, 5) is 49.0. The molecule has 3 rings (SSSR count). The van der Waals surface area contributed by atoms with Crippen LogP contribution in [0.2, 0.25) is 0 Å². The maximum Gasteiger partial charge on any atom is 0.408 e. The van der Waals surface area contributed by atoms with Gasteiger partial charge in [-0.05, 0) is 16.7 Å². The van der Waals surface area contributed by atoms with E-state index in [1.54, 1.807) is 0 Å². The summed E-state index contributed by atoms with van der Waals surface area (Å²) >= 11 is 0. The van der Waals surface area contributed by atoms with E-state index in [4.69, 9.17) is 9.47 Å². The van der Waals surface area contributed by atoms with Gasteiger partial charge in [0.15, 0.2) is 0 Å². The van der Waals surface area contributed by atoms with Crippen molar-refractivity contribution in [1.82, 2.24) is 21.3 Å². The molecule has 0 fully saturated rings. The Morgan fingerprint density at radius 1 is 0.605 bits per heavy atom. The zero-order chi connectivity index (χ0) is 27.0. The van der Waals surface area contributed by atoms with Gasteiger partial charge in [-0.25, -0.2) is 9.59 Å². The molecule has 3 aromatic rings. The van der Waals surface area contributed by atoms with Gasteiger partial charge in [-0.15, -0.1) is 0 Å². The fourth-order valence-corrected chi connectivity index (χ4v) is 3.31. The van der Waals surface area contributed by atoms with Gasteiger partial charge < -0.3 is 30.7 Å². The first-order chi connectivity index (χ1) is 18.5. The molecule has 0 heterocycles. The van der Waals surface area contributed by atoms with Crippen molar-refractivity contribution < 1.29 is 28.7 Å². The van der Waals surface area contributed by atoms with E-state index in [0.717, 1.165) is 16.7 Å². The maximum atomic E-state index is 12.8. The molecule has 0 bridgehead atoms. The number of hydrogen-bond donors (Lipinski definition) is 4. The molecule has 3 aromatic carbocycles. The molecule has 0 saturated carbocycles. The van der Waals surface area contributed by atoms with Crippen LogP contribution in [0.1, 0.15) is 16.7 Å². The van der Waals surface area contributed by atoms with Crippen LogP contribution in [0.4, 0.5) is 9.59 Å². The Kier molecular flexibility index (Phi) is 11.2. The van der Waals surface area contributed by atoms with Crippen LogP contribution in [0.25, 0.3) is 0 Å². The summed E-state index contributed by atoms with van der Waals surface area (Å²) in [6.45, 7) is -0.400. The Balaban J connectivity index is 1.41. The lowest BCUT2D eigenvalue weighted by atomic mass is 10.1. The van der Waals surface area contributed by atoms with Crippen molar-refractivity contribution in [2.24, 2.45) is 0 Å². The molecule has 0 radical (unpaired) electrons. The third kappa shape index (κ3) is 10.4. The SMILES string of the molecule is O=C(CNC(=O)OCc1ccccc1)NCNC(=O)C(Cc1ccccc1)NC(=O)OCc1ccccc1. The van der Waals surface area contributed by atoms with E-state index in [1.165, 1.54) is 0 Å². The largest absolute Gasteiger partial charge is 0.445 e. The number of amides is 4. The molecule has 0 aliphatic carbocycles. The molecule has 0 spiro atoms. The van der Waals surface area contributed by atoms with Crippen LogP contribution in [0, 0.1) is 0 Å². The van der Waals surface area contributed by atoms with E-state index in [9.17, 15) is 19.2 Å². The molecule has 198 valence electrons. The first-order valence-electron chi connectivity index (χ1n) is 12.0. The van der Waals surface area contributed by atoms with Crippen LogP contribution in [-0.2, 0) is 38.7 Å². The van der Waals surface area contributed by atoms with Crippen LogP contribution >= 0.6 is 0 Å². The summed E-state index contributed by atoms with van der Waals surface area (Å²) in [5.41, 5.74) is 2.46. The van der Waals surface area contributed by atoms with E-state index in [1.807, 2.05) is 91.0 Å². The molecule has 10 nitrogen and oxygen atoms in total. The summed E-state index contributed by atoms with van der Waals surface area (Å²) in [5, 5.41) is 9.96. The van der Waals surface area contributed by atoms with Gasteiger partial charge in [0.25, 0.3) is 0 Å². The van der Waals surface area contributed by atoms with Crippen molar-refractivity contribution in [2.45, 2.75) is 25.7 Å². The predicted molar refractivity (Wildman–Crippen MR) is 139 cm³/mol. The summed E-state index contributed by atoms with van der Waals surface area (Å²) in [7, 11) is 0. The van der Waals surface area contributed by atoms with E-state index in [-0.39, 0.29) is 32.8 Å². The monoisotopic (exact) mass is 518 g/mol. The molecule has 0 saturated heterocycles. The lowest BCUT2D eigenvalue weighted by Gasteiger charge is -2.19. The van der Waals surface area contributed by atoms with Crippen molar-refractivity contribution in [1.29, 1.82) is 0 Å². The Hall–Kier alpha value is -4.86. The Morgan fingerprint density at radius 3 is 1.66 bits per heavy atom. The topological polar surface area (TPSA) is 135 Å². The van der Waals surface area contributed by atoms with Crippen molar-refractivity contribution in [2.75, 3.05) is 13.2 Å². The number of nitrogens with one attached hydrogen (secondary N) is 4. The number of carbonyl (C=O) groups excluding carboxylic acids is 4. The van der Waals surface area contributed by atoms with Gasteiger partial charge in [0, 0.05) is 6.42 Å². The number of alkyl carbamates (subject to hydrolysis) is 2. The van der Waals surface area contributed by atoms with E-state index >= 15 is 0 Å². The Morgan fingerprint density at radius 2 is 1.11 bits per heavy atom. The minimum Gasteiger partial charge on any atom is -0.445 e. The third-order valence-electron chi connectivity index (χ3n) is 5.26. The molecule has 38 heavy (non-hydrogen) atoms. The summed E-state index contributed by atoms with van der Waals surface area (Å²) in [5.74, 6) is -1.04. The van der Waals surface area contributed by atoms with Crippen LogP contribution in [0.5, 0.6) is 0 Å². The quantitative estimate of drug-likeness (QED) is 0.272. The van der Waals surface area contributed by atoms with Gasteiger partial charge in [-0.3, -0.25) is 9.59 Å². The van der Waals surface area contributed by atoms with Crippen molar-refractivity contribution in [3.8, 4) is 0 Å². The highest BCUT2D eigenvalue weighted by atomic mass is 16.6. The van der Waals surface area contributed by atoms with Gasteiger partial charge in [0.05, 0.1) is 6.67 Å². The Bertz CT molecular complexity index is 1180. The summed E-state index contributed by atoms with van der Waals surface area (Å²) in [6, 6.07) is 26.5. The second-order valence-corrected chi connectivity index (χ2v) is 8.18. The third-order valence-corrected chi connectivity index (χ3v) is 5.26. The molecule has 0 aromatic heterocycles. The zero-order valence-corrected chi connectivity index (χ0v) is 20.7.